The van der Waals surface area contributed by atoms with Crippen LogP contribution in [0.1, 0.15) is 6.92 Å². The van der Waals surface area contributed by atoms with Crippen molar-refractivity contribution in [2.24, 2.45) is 0 Å². The fourth-order valence-electron chi connectivity index (χ4n) is 1.68. The molecule has 0 spiro atoms. The van der Waals surface area contributed by atoms with Crippen LogP contribution in [0.15, 0.2) is 59.7 Å². The van der Waals surface area contributed by atoms with Gasteiger partial charge in [-0.3, -0.25) is 5.87 Å². The molecule has 0 heterocycles. The Bertz CT molecular complexity index is 610. The number of hydrogen-bond acceptors (Lipinski definition) is 0. The molecule has 0 bridgehead atoms. The lowest BCUT2D eigenvalue weighted by molar-refractivity contribution is 1.47. The van der Waals surface area contributed by atoms with Crippen LogP contribution in [0.2, 0.25) is 0 Å². The maximum absolute atomic E-state index is 8.98. The second-order valence-corrected chi connectivity index (χ2v) is 3.70. The molecule has 1 aliphatic carbocycles. The molecule has 2 rings (SSSR count). The molecule has 0 saturated heterocycles. The Morgan fingerprint density at radius 1 is 1.19 bits per heavy atom. The van der Waals surface area contributed by atoms with Gasteiger partial charge in [0.05, 0.1) is 0 Å². The summed E-state index contributed by atoms with van der Waals surface area (Å²) in [6.45, 7) is 2.06. The molecule has 0 fully saturated rings. The summed E-state index contributed by atoms with van der Waals surface area (Å²) >= 11 is 0. The summed E-state index contributed by atoms with van der Waals surface area (Å²) < 4.78 is 0. The van der Waals surface area contributed by atoms with Crippen molar-refractivity contribution in [3.05, 3.63) is 75.6 Å². The smallest absolute Gasteiger partial charge is 0.000118 e. The van der Waals surface area contributed by atoms with E-state index < -0.39 is 0 Å². The molecule has 1 aliphatic rings. The van der Waals surface area contributed by atoms with Crippen LogP contribution in [-0.2, 0) is 0 Å². The number of nitrogens with zero attached hydrogens (tertiary/aromatic N) is 1. The van der Waals surface area contributed by atoms with Crippen molar-refractivity contribution < 1.29 is 0 Å². The molecular formula is C15H12N-. The minimum atomic E-state index is 0.716. The van der Waals surface area contributed by atoms with Crippen LogP contribution in [0.25, 0.3) is 11.5 Å². The maximum Gasteiger partial charge on any atom is 0.000118 e. The van der Waals surface area contributed by atoms with Crippen molar-refractivity contribution in [3.63, 3.8) is 0 Å². The van der Waals surface area contributed by atoms with E-state index in [1.807, 2.05) is 42.5 Å². The topological polar surface area (TPSA) is 22.3 Å². The molecule has 0 aromatic heterocycles. The van der Waals surface area contributed by atoms with Gasteiger partial charge in [-0.15, -0.1) is 0 Å². The van der Waals surface area contributed by atoms with Crippen LogP contribution in [0.3, 0.4) is 0 Å². The van der Waals surface area contributed by atoms with Crippen LogP contribution in [0.5, 0.6) is 0 Å². The van der Waals surface area contributed by atoms with Crippen LogP contribution in [0.4, 0.5) is 0 Å². The van der Waals surface area contributed by atoms with E-state index in [1.165, 1.54) is 11.1 Å². The highest BCUT2D eigenvalue weighted by Gasteiger charge is 1.95. The van der Waals surface area contributed by atoms with Gasteiger partial charge in [-0.1, -0.05) is 48.6 Å². The minimum absolute atomic E-state index is 0.716. The van der Waals surface area contributed by atoms with E-state index in [4.69, 9.17) is 5.41 Å². The predicted molar refractivity (Wildman–Crippen MR) is 68.6 cm³/mol. The SMILES string of the molecule is CC(C=c1ccccc1=C=[N-])=C1C=CC=C1. The van der Waals surface area contributed by atoms with Gasteiger partial charge in [0.2, 0.25) is 0 Å². The zero-order chi connectivity index (χ0) is 11.4. The fourth-order valence-corrected chi connectivity index (χ4v) is 1.68. The van der Waals surface area contributed by atoms with E-state index in [0.29, 0.717) is 5.22 Å². The number of rotatable bonds is 1. The van der Waals surface area contributed by atoms with Gasteiger partial charge in [0, 0.05) is 5.22 Å². The molecule has 0 aliphatic heterocycles. The Hall–Kier alpha value is -2.11. The average molecular weight is 206 g/mol. The van der Waals surface area contributed by atoms with E-state index >= 15 is 0 Å². The van der Waals surface area contributed by atoms with Gasteiger partial charge in [0.1, 0.15) is 0 Å². The number of allylic oxidation sites excluding steroid dienone is 6. The van der Waals surface area contributed by atoms with Crippen molar-refractivity contribution >= 4 is 11.9 Å². The lowest BCUT2D eigenvalue weighted by atomic mass is 10.1. The van der Waals surface area contributed by atoms with E-state index in [0.717, 1.165) is 5.22 Å². The normalized spacial score (nSPS) is 14.3. The quantitative estimate of drug-likeness (QED) is 0.625. The molecule has 16 heavy (non-hydrogen) atoms. The van der Waals surface area contributed by atoms with Gasteiger partial charge in [-0.05, 0) is 29.4 Å². The highest BCUT2D eigenvalue weighted by molar-refractivity contribution is 5.60. The number of hydrogen-bond donors (Lipinski definition) is 0. The Kier molecular flexibility index (Phi) is 3.00. The van der Waals surface area contributed by atoms with Crippen LogP contribution < -0.4 is 10.4 Å². The monoisotopic (exact) mass is 206 g/mol. The third kappa shape index (κ3) is 2.10. The summed E-state index contributed by atoms with van der Waals surface area (Å²) in [6, 6.07) is 7.63. The summed E-state index contributed by atoms with van der Waals surface area (Å²) in [5.41, 5.74) is 2.38. The molecule has 1 aromatic carbocycles. The fraction of sp³-hybridized carbons (Fsp3) is 0.0667. The minimum Gasteiger partial charge on any atom is -0.763 e. The molecule has 78 valence electrons. The molecule has 0 atom stereocenters. The molecule has 0 saturated carbocycles. The highest BCUT2D eigenvalue weighted by Crippen LogP contribution is 2.13. The van der Waals surface area contributed by atoms with Gasteiger partial charge in [0.25, 0.3) is 0 Å². The van der Waals surface area contributed by atoms with E-state index in [2.05, 4.69) is 24.9 Å². The van der Waals surface area contributed by atoms with E-state index in [9.17, 15) is 0 Å². The Balaban J connectivity index is 2.61. The highest BCUT2D eigenvalue weighted by atomic mass is 14.3. The zero-order valence-electron chi connectivity index (χ0n) is 9.14. The number of benzene rings is 1. The summed E-state index contributed by atoms with van der Waals surface area (Å²) in [5.74, 6) is 2.20. The van der Waals surface area contributed by atoms with Crippen molar-refractivity contribution in [2.45, 2.75) is 6.92 Å². The van der Waals surface area contributed by atoms with Crippen molar-refractivity contribution in [3.8, 4) is 0 Å². The van der Waals surface area contributed by atoms with Gasteiger partial charge in [-0.2, -0.15) is 0 Å². The zero-order valence-corrected chi connectivity index (χ0v) is 9.14. The Morgan fingerprint density at radius 2 is 1.88 bits per heavy atom. The first kappa shape index (κ1) is 10.4. The summed E-state index contributed by atoms with van der Waals surface area (Å²) in [7, 11) is 0. The van der Waals surface area contributed by atoms with Crippen molar-refractivity contribution in [1.82, 2.24) is 0 Å². The third-order valence-corrected chi connectivity index (χ3v) is 2.57. The second-order valence-electron chi connectivity index (χ2n) is 3.70. The summed E-state index contributed by atoms with van der Waals surface area (Å²) in [5, 5.41) is 10.7. The molecule has 0 N–H and O–H groups in total. The van der Waals surface area contributed by atoms with Gasteiger partial charge in [0.15, 0.2) is 0 Å². The summed E-state index contributed by atoms with van der Waals surface area (Å²) in [4.78, 5) is 0. The predicted octanol–water partition coefficient (Wildman–Crippen LogP) is 1.82. The van der Waals surface area contributed by atoms with Crippen LogP contribution in [-0.4, -0.2) is 5.87 Å². The maximum atomic E-state index is 8.98. The molecule has 1 heteroatoms. The standard InChI is InChI=1S/C15H12N/c1-12(13-6-2-3-7-13)10-14-8-4-5-9-15(14)11-16/h2-10H,1H3/q-1. The molecular weight excluding hydrogens is 194 g/mol. The molecule has 0 amide bonds. The Labute approximate surface area is 94.9 Å². The van der Waals surface area contributed by atoms with E-state index in [1.54, 1.807) is 0 Å². The molecule has 0 unspecified atom stereocenters. The van der Waals surface area contributed by atoms with Gasteiger partial charge >= 0.3 is 0 Å². The molecule has 1 aromatic rings. The van der Waals surface area contributed by atoms with Crippen molar-refractivity contribution in [1.29, 1.82) is 0 Å². The van der Waals surface area contributed by atoms with E-state index in [-0.39, 0.29) is 0 Å². The Morgan fingerprint density at radius 3 is 2.56 bits per heavy atom. The molecule has 0 radical (unpaired) electrons. The first-order valence-corrected chi connectivity index (χ1v) is 5.21. The van der Waals surface area contributed by atoms with Crippen LogP contribution in [0, 0.1) is 0 Å². The lowest BCUT2D eigenvalue weighted by Gasteiger charge is -1.96. The lowest BCUT2D eigenvalue weighted by Crippen LogP contribution is -2.24. The van der Waals surface area contributed by atoms with Crippen LogP contribution >= 0.6 is 0 Å². The molecule has 1 nitrogen and oxygen atoms in total. The average Bonchev–Trinajstić information content (AvgIpc) is 2.83. The first-order chi connectivity index (χ1) is 7.81. The van der Waals surface area contributed by atoms with Crippen molar-refractivity contribution in [2.75, 3.05) is 0 Å². The third-order valence-electron chi connectivity index (χ3n) is 2.57. The first-order valence-electron chi connectivity index (χ1n) is 5.21. The van der Waals surface area contributed by atoms with Gasteiger partial charge < -0.3 is 5.41 Å². The largest absolute Gasteiger partial charge is 0.763 e. The summed E-state index contributed by atoms with van der Waals surface area (Å²) in [6.07, 6.45) is 10.2. The van der Waals surface area contributed by atoms with Gasteiger partial charge in [-0.25, -0.2) is 0 Å². The second kappa shape index (κ2) is 4.61.